The molecular weight excluding hydrogens is 226 g/mol. The molecule has 0 fully saturated rings. The van der Waals surface area contributed by atoms with Crippen LogP contribution in [0.4, 0.5) is 0 Å². The van der Waals surface area contributed by atoms with E-state index in [1.54, 1.807) is 18.3 Å². The standard InChI is InChI=1S/C15H17NO2/c1-3-15(18,4-2)14(17)12-8-7-11-6-5-9-16-13(11)10-12/h5-10,18H,3-4H2,1-2H3. The fourth-order valence-electron chi connectivity index (χ4n) is 2.05. The Morgan fingerprint density at radius 2 is 2.00 bits per heavy atom. The van der Waals surface area contributed by atoms with Gasteiger partial charge in [0, 0.05) is 17.1 Å². The van der Waals surface area contributed by atoms with Crippen molar-refractivity contribution in [1.29, 1.82) is 0 Å². The molecule has 0 spiro atoms. The maximum Gasteiger partial charge on any atom is 0.194 e. The number of pyridine rings is 1. The highest BCUT2D eigenvalue weighted by atomic mass is 16.3. The predicted molar refractivity (Wildman–Crippen MR) is 71.6 cm³/mol. The van der Waals surface area contributed by atoms with Crippen molar-refractivity contribution in [3.8, 4) is 0 Å². The predicted octanol–water partition coefficient (Wildman–Crippen LogP) is 2.97. The van der Waals surface area contributed by atoms with Crippen LogP contribution in [0.2, 0.25) is 0 Å². The van der Waals surface area contributed by atoms with E-state index in [-0.39, 0.29) is 5.78 Å². The van der Waals surface area contributed by atoms with Gasteiger partial charge < -0.3 is 5.11 Å². The van der Waals surface area contributed by atoms with E-state index in [2.05, 4.69) is 4.98 Å². The maximum absolute atomic E-state index is 12.3. The van der Waals surface area contributed by atoms with E-state index in [9.17, 15) is 9.90 Å². The molecule has 18 heavy (non-hydrogen) atoms. The third-order valence-electron chi connectivity index (χ3n) is 3.46. The highest BCUT2D eigenvalue weighted by Crippen LogP contribution is 2.23. The van der Waals surface area contributed by atoms with Gasteiger partial charge >= 0.3 is 0 Å². The Bertz CT molecular complexity index is 573. The SMILES string of the molecule is CCC(O)(CC)C(=O)c1ccc2cccnc2c1. The summed E-state index contributed by atoms with van der Waals surface area (Å²) in [7, 11) is 0. The van der Waals surface area contributed by atoms with Crippen LogP contribution in [0.5, 0.6) is 0 Å². The summed E-state index contributed by atoms with van der Waals surface area (Å²) in [5.41, 5.74) is 0.0351. The summed E-state index contributed by atoms with van der Waals surface area (Å²) in [4.78, 5) is 16.5. The Balaban J connectivity index is 2.45. The van der Waals surface area contributed by atoms with Crippen LogP contribution in [-0.4, -0.2) is 21.5 Å². The highest BCUT2D eigenvalue weighted by Gasteiger charge is 2.32. The lowest BCUT2D eigenvalue weighted by atomic mass is 9.88. The summed E-state index contributed by atoms with van der Waals surface area (Å²) in [5, 5.41) is 11.2. The van der Waals surface area contributed by atoms with Crippen LogP contribution in [0.3, 0.4) is 0 Å². The van der Waals surface area contributed by atoms with E-state index in [1.165, 1.54) is 0 Å². The van der Waals surface area contributed by atoms with E-state index in [4.69, 9.17) is 0 Å². The third kappa shape index (κ3) is 2.14. The molecule has 0 radical (unpaired) electrons. The Morgan fingerprint density at radius 1 is 1.28 bits per heavy atom. The molecule has 3 heteroatoms. The number of hydrogen-bond acceptors (Lipinski definition) is 3. The molecule has 1 N–H and O–H groups in total. The molecule has 0 aliphatic rings. The summed E-state index contributed by atoms with van der Waals surface area (Å²) in [6.45, 7) is 3.64. The van der Waals surface area contributed by atoms with Crippen LogP contribution in [0.15, 0.2) is 36.5 Å². The molecule has 2 rings (SSSR count). The molecule has 1 heterocycles. The zero-order valence-electron chi connectivity index (χ0n) is 10.7. The fraction of sp³-hybridized carbons (Fsp3) is 0.333. The van der Waals surface area contributed by atoms with Crippen LogP contribution < -0.4 is 0 Å². The molecular formula is C15H17NO2. The van der Waals surface area contributed by atoms with Gasteiger partial charge in [0.2, 0.25) is 0 Å². The molecule has 0 saturated heterocycles. The molecule has 2 aromatic rings. The maximum atomic E-state index is 12.3. The van der Waals surface area contributed by atoms with Gasteiger partial charge in [-0.15, -0.1) is 0 Å². The quantitative estimate of drug-likeness (QED) is 0.840. The first-order valence-electron chi connectivity index (χ1n) is 6.22. The summed E-state index contributed by atoms with van der Waals surface area (Å²) in [6, 6.07) is 9.17. The Hall–Kier alpha value is -1.74. The third-order valence-corrected chi connectivity index (χ3v) is 3.46. The van der Waals surface area contributed by atoms with Gasteiger partial charge in [-0.3, -0.25) is 9.78 Å². The number of carbonyl (C=O) groups is 1. The average Bonchev–Trinajstić information content (AvgIpc) is 2.45. The summed E-state index contributed by atoms with van der Waals surface area (Å²) >= 11 is 0. The summed E-state index contributed by atoms with van der Waals surface area (Å²) in [6.07, 6.45) is 2.54. The normalized spacial score (nSPS) is 11.7. The number of rotatable bonds is 4. The van der Waals surface area contributed by atoms with Gasteiger partial charge in [0.05, 0.1) is 5.52 Å². The molecule has 94 valence electrons. The number of hydrogen-bond donors (Lipinski definition) is 1. The van der Waals surface area contributed by atoms with Gasteiger partial charge in [0.15, 0.2) is 5.78 Å². The topological polar surface area (TPSA) is 50.2 Å². The number of aliphatic hydroxyl groups is 1. The zero-order valence-corrected chi connectivity index (χ0v) is 10.7. The van der Waals surface area contributed by atoms with Gasteiger partial charge in [0.25, 0.3) is 0 Å². The van der Waals surface area contributed by atoms with Crippen molar-refractivity contribution in [1.82, 2.24) is 4.98 Å². The first kappa shape index (κ1) is 12.7. The Morgan fingerprint density at radius 3 is 2.67 bits per heavy atom. The minimum absolute atomic E-state index is 0.222. The van der Waals surface area contributed by atoms with E-state index in [0.717, 1.165) is 10.9 Å². The van der Waals surface area contributed by atoms with Gasteiger partial charge in [-0.2, -0.15) is 0 Å². The second kappa shape index (κ2) is 4.86. The van der Waals surface area contributed by atoms with Crippen molar-refractivity contribution in [3.05, 3.63) is 42.1 Å². The second-order valence-corrected chi connectivity index (χ2v) is 4.48. The Kier molecular flexibility index (Phi) is 3.43. The van der Waals surface area contributed by atoms with Gasteiger partial charge in [-0.05, 0) is 25.0 Å². The number of fused-ring (bicyclic) bond motifs is 1. The first-order chi connectivity index (χ1) is 8.60. The van der Waals surface area contributed by atoms with Crippen LogP contribution in [0, 0.1) is 0 Å². The minimum atomic E-state index is -1.26. The molecule has 0 saturated carbocycles. The molecule has 0 atom stereocenters. The molecule has 3 nitrogen and oxygen atoms in total. The molecule has 0 unspecified atom stereocenters. The molecule has 1 aromatic carbocycles. The molecule has 0 amide bonds. The van der Waals surface area contributed by atoms with Crippen molar-refractivity contribution in [3.63, 3.8) is 0 Å². The van der Waals surface area contributed by atoms with Crippen molar-refractivity contribution in [2.45, 2.75) is 32.3 Å². The summed E-state index contributed by atoms with van der Waals surface area (Å²) < 4.78 is 0. The van der Waals surface area contributed by atoms with E-state index >= 15 is 0 Å². The molecule has 1 aromatic heterocycles. The monoisotopic (exact) mass is 243 g/mol. The number of Topliss-reactive ketones (excluding diaryl/α,β-unsaturated/α-hetero) is 1. The number of ketones is 1. The van der Waals surface area contributed by atoms with Gasteiger partial charge in [-0.1, -0.05) is 32.0 Å². The van der Waals surface area contributed by atoms with Crippen LogP contribution >= 0.6 is 0 Å². The van der Waals surface area contributed by atoms with E-state index < -0.39 is 5.60 Å². The summed E-state index contributed by atoms with van der Waals surface area (Å²) in [5.74, 6) is -0.222. The highest BCUT2D eigenvalue weighted by molar-refractivity contribution is 6.04. The zero-order chi connectivity index (χ0) is 13.2. The lowest BCUT2D eigenvalue weighted by molar-refractivity contribution is 0.0278. The largest absolute Gasteiger partial charge is 0.382 e. The Labute approximate surface area is 106 Å². The lowest BCUT2D eigenvalue weighted by Gasteiger charge is -2.23. The van der Waals surface area contributed by atoms with Crippen molar-refractivity contribution < 1.29 is 9.90 Å². The van der Waals surface area contributed by atoms with E-state index in [1.807, 2.05) is 32.0 Å². The van der Waals surface area contributed by atoms with Crippen LogP contribution in [0.1, 0.15) is 37.0 Å². The molecule has 0 bridgehead atoms. The van der Waals surface area contributed by atoms with Crippen molar-refractivity contribution >= 4 is 16.7 Å². The van der Waals surface area contributed by atoms with E-state index in [0.29, 0.717) is 18.4 Å². The lowest BCUT2D eigenvalue weighted by Crippen LogP contribution is -2.37. The van der Waals surface area contributed by atoms with Crippen molar-refractivity contribution in [2.75, 3.05) is 0 Å². The number of nitrogens with zero attached hydrogens (tertiary/aromatic N) is 1. The van der Waals surface area contributed by atoms with Crippen LogP contribution in [0.25, 0.3) is 10.9 Å². The second-order valence-electron chi connectivity index (χ2n) is 4.48. The smallest absolute Gasteiger partial charge is 0.194 e. The first-order valence-corrected chi connectivity index (χ1v) is 6.22. The number of aromatic nitrogens is 1. The number of benzene rings is 1. The molecule has 0 aliphatic heterocycles. The minimum Gasteiger partial charge on any atom is -0.382 e. The van der Waals surface area contributed by atoms with Crippen LogP contribution in [-0.2, 0) is 0 Å². The number of carbonyl (C=O) groups excluding carboxylic acids is 1. The van der Waals surface area contributed by atoms with Gasteiger partial charge in [-0.25, -0.2) is 0 Å². The van der Waals surface area contributed by atoms with Gasteiger partial charge in [0.1, 0.15) is 5.60 Å². The molecule has 0 aliphatic carbocycles. The average molecular weight is 243 g/mol. The van der Waals surface area contributed by atoms with Crippen molar-refractivity contribution in [2.24, 2.45) is 0 Å². The fourth-order valence-corrected chi connectivity index (χ4v) is 2.05.